The van der Waals surface area contributed by atoms with Crippen LogP contribution in [0.1, 0.15) is 15.9 Å². The van der Waals surface area contributed by atoms with Crippen LogP contribution in [0.25, 0.3) is 0 Å². The third-order valence-electron chi connectivity index (χ3n) is 2.51. The van der Waals surface area contributed by atoms with Crippen molar-refractivity contribution in [3.63, 3.8) is 0 Å². The number of benzene rings is 2. The molecule has 0 saturated carbocycles. The van der Waals surface area contributed by atoms with Crippen molar-refractivity contribution in [3.8, 4) is 5.75 Å². The summed E-state index contributed by atoms with van der Waals surface area (Å²) in [4.78, 5) is 11.7. The molecule has 0 bridgehead atoms. The average molecular weight is 245 g/mol. The Morgan fingerprint density at radius 3 is 2.50 bits per heavy atom. The first kappa shape index (κ1) is 12.1. The Morgan fingerprint density at radius 2 is 1.83 bits per heavy atom. The van der Waals surface area contributed by atoms with Gasteiger partial charge in [0.05, 0.1) is 0 Å². The molecule has 0 atom stereocenters. The van der Waals surface area contributed by atoms with E-state index in [4.69, 9.17) is 0 Å². The van der Waals surface area contributed by atoms with Gasteiger partial charge in [0, 0.05) is 6.54 Å². The van der Waals surface area contributed by atoms with Crippen LogP contribution in [0.3, 0.4) is 0 Å². The van der Waals surface area contributed by atoms with Crippen LogP contribution < -0.4 is 5.32 Å². The summed E-state index contributed by atoms with van der Waals surface area (Å²) in [7, 11) is 0. The summed E-state index contributed by atoms with van der Waals surface area (Å²) in [6, 6.07) is 13.0. The van der Waals surface area contributed by atoms with E-state index in [2.05, 4.69) is 5.32 Å². The lowest BCUT2D eigenvalue weighted by molar-refractivity contribution is 0.0944. The van der Waals surface area contributed by atoms with Gasteiger partial charge in [0.25, 0.3) is 5.91 Å². The molecule has 0 fully saturated rings. The van der Waals surface area contributed by atoms with Crippen molar-refractivity contribution in [2.75, 3.05) is 0 Å². The third kappa shape index (κ3) is 2.66. The van der Waals surface area contributed by atoms with E-state index in [-0.39, 0.29) is 17.9 Å². The lowest BCUT2D eigenvalue weighted by Gasteiger charge is -2.07. The van der Waals surface area contributed by atoms with E-state index >= 15 is 0 Å². The number of phenolic OH excluding ortho intramolecular Hbond substituents is 1. The first-order chi connectivity index (χ1) is 8.68. The number of hydrogen-bond donors (Lipinski definition) is 2. The molecule has 0 radical (unpaired) electrons. The number of halogens is 1. The highest BCUT2D eigenvalue weighted by molar-refractivity contribution is 5.97. The predicted molar refractivity (Wildman–Crippen MR) is 65.7 cm³/mol. The smallest absolute Gasteiger partial charge is 0.258 e. The monoisotopic (exact) mass is 245 g/mol. The maximum absolute atomic E-state index is 13.4. The molecule has 2 aromatic carbocycles. The predicted octanol–water partition coefficient (Wildman–Crippen LogP) is 2.46. The van der Waals surface area contributed by atoms with E-state index < -0.39 is 11.7 Å². The molecule has 4 heteroatoms. The second-order valence-corrected chi connectivity index (χ2v) is 3.80. The summed E-state index contributed by atoms with van der Waals surface area (Å²) in [5.74, 6) is -1.73. The quantitative estimate of drug-likeness (QED) is 0.872. The van der Waals surface area contributed by atoms with Crippen molar-refractivity contribution in [2.45, 2.75) is 6.54 Å². The highest BCUT2D eigenvalue weighted by Gasteiger charge is 2.15. The SMILES string of the molecule is O=C(NCc1ccccc1)c1c(O)cccc1F. The maximum atomic E-state index is 13.4. The number of carbonyl (C=O) groups is 1. The van der Waals surface area contributed by atoms with E-state index in [1.165, 1.54) is 12.1 Å². The minimum absolute atomic E-state index is 0.285. The molecule has 0 saturated heterocycles. The van der Waals surface area contributed by atoms with Gasteiger partial charge >= 0.3 is 0 Å². The summed E-state index contributed by atoms with van der Waals surface area (Å²) < 4.78 is 13.4. The fourth-order valence-corrected chi connectivity index (χ4v) is 1.60. The molecule has 0 unspecified atom stereocenters. The normalized spacial score (nSPS) is 10.1. The van der Waals surface area contributed by atoms with Crippen LogP contribution in [-0.4, -0.2) is 11.0 Å². The van der Waals surface area contributed by atoms with Crippen LogP contribution in [-0.2, 0) is 6.54 Å². The van der Waals surface area contributed by atoms with Gasteiger partial charge in [-0.3, -0.25) is 4.79 Å². The van der Waals surface area contributed by atoms with Gasteiger partial charge in [0.15, 0.2) is 0 Å². The molecule has 0 aliphatic carbocycles. The number of rotatable bonds is 3. The Morgan fingerprint density at radius 1 is 1.11 bits per heavy atom. The second-order valence-electron chi connectivity index (χ2n) is 3.80. The molecular weight excluding hydrogens is 233 g/mol. The number of aromatic hydroxyl groups is 1. The van der Waals surface area contributed by atoms with Gasteiger partial charge in [-0.2, -0.15) is 0 Å². The standard InChI is InChI=1S/C14H12FNO2/c15-11-7-4-8-12(17)13(11)14(18)16-9-10-5-2-1-3-6-10/h1-8,17H,9H2,(H,16,18). The van der Waals surface area contributed by atoms with Gasteiger partial charge < -0.3 is 10.4 Å². The number of nitrogens with one attached hydrogen (secondary N) is 1. The first-order valence-electron chi connectivity index (χ1n) is 5.48. The van der Waals surface area contributed by atoms with E-state index in [9.17, 15) is 14.3 Å². The highest BCUT2D eigenvalue weighted by Crippen LogP contribution is 2.19. The van der Waals surface area contributed by atoms with Gasteiger partial charge in [-0.15, -0.1) is 0 Å². The molecule has 18 heavy (non-hydrogen) atoms. The molecule has 0 aromatic heterocycles. The zero-order valence-electron chi connectivity index (χ0n) is 9.56. The first-order valence-corrected chi connectivity index (χ1v) is 5.48. The zero-order chi connectivity index (χ0) is 13.0. The average Bonchev–Trinajstić information content (AvgIpc) is 2.37. The van der Waals surface area contributed by atoms with Crippen LogP contribution >= 0.6 is 0 Å². The van der Waals surface area contributed by atoms with E-state index in [0.717, 1.165) is 11.6 Å². The molecule has 0 aliphatic rings. The van der Waals surface area contributed by atoms with Gasteiger partial charge in [0.1, 0.15) is 17.1 Å². The summed E-state index contributed by atoms with van der Waals surface area (Å²) >= 11 is 0. The van der Waals surface area contributed by atoms with Gasteiger partial charge in [-0.1, -0.05) is 36.4 Å². The number of amides is 1. The molecule has 2 aromatic rings. The molecule has 2 N–H and O–H groups in total. The summed E-state index contributed by atoms with van der Waals surface area (Å²) in [5.41, 5.74) is 0.579. The largest absolute Gasteiger partial charge is 0.507 e. The molecule has 92 valence electrons. The third-order valence-corrected chi connectivity index (χ3v) is 2.51. The van der Waals surface area contributed by atoms with Crippen LogP contribution in [0.4, 0.5) is 4.39 Å². The molecular formula is C14H12FNO2. The van der Waals surface area contributed by atoms with Gasteiger partial charge in [-0.05, 0) is 17.7 Å². The lowest BCUT2D eigenvalue weighted by atomic mass is 10.1. The molecule has 0 aliphatic heterocycles. The Balaban J connectivity index is 2.09. The van der Waals surface area contributed by atoms with Crippen LogP contribution in [0.15, 0.2) is 48.5 Å². The van der Waals surface area contributed by atoms with Crippen LogP contribution in [0.2, 0.25) is 0 Å². The number of hydrogen-bond acceptors (Lipinski definition) is 2. The molecule has 3 nitrogen and oxygen atoms in total. The van der Waals surface area contributed by atoms with Crippen molar-refractivity contribution in [1.29, 1.82) is 0 Å². The Hall–Kier alpha value is -2.36. The molecule has 2 rings (SSSR count). The van der Waals surface area contributed by atoms with Crippen molar-refractivity contribution in [1.82, 2.24) is 5.32 Å². The lowest BCUT2D eigenvalue weighted by Crippen LogP contribution is -2.23. The highest BCUT2D eigenvalue weighted by atomic mass is 19.1. The number of phenols is 1. The van der Waals surface area contributed by atoms with Crippen LogP contribution in [0.5, 0.6) is 5.75 Å². The Labute approximate surface area is 104 Å². The van der Waals surface area contributed by atoms with E-state index in [0.29, 0.717) is 0 Å². The molecule has 1 amide bonds. The Bertz CT molecular complexity index is 535. The second kappa shape index (κ2) is 5.31. The van der Waals surface area contributed by atoms with Crippen molar-refractivity contribution in [2.24, 2.45) is 0 Å². The zero-order valence-corrected chi connectivity index (χ0v) is 9.56. The molecule has 0 spiro atoms. The fraction of sp³-hybridized carbons (Fsp3) is 0.0714. The van der Waals surface area contributed by atoms with Crippen molar-refractivity contribution < 1.29 is 14.3 Å². The summed E-state index contributed by atoms with van der Waals surface area (Å²) in [5, 5.41) is 12.0. The summed E-state index contributed by atoms with van der Waals surface area (Å²) in [6.45, 7) is 0.285. The fourth-order valence-electron chi connectivity index (χ4n) is 1.60. The number of carbonyl (C=O) groups excluding carboxylic acids is 1. The van der Waals surface area contributed by atoms with Gasteiger partial charge in [0.2, 0.25) is 0 Å². The van der Waals surface area contributed by atoms with Gasteiger partial charge in [-0.25, -0.2) is 4.39 Å². The minimum atomic E-state index is -0.736. The van der Waals surface area contributed by atoms with Crippen LogP contribution in [0, 0.1) is 5.82 Å². The van der Waals surface area contributed by atoms with E-state index in [1.807, 2.05) is 30.3 Å². The van der Waals surface area contributed by atoms with E-state index in [1.54, 1.807) is 0 Å². The molecule has 0 heterocycles. The summed E-state index contributed by atoms with van der Waals surface area (Å²) in [6.07, 6.45) is 0. The maximum Gasteiger partial charge on any atom is 0.258 e. The van der Waals surface area contributed by atoms with Crippen molar-refractivity contribution in [3.05, 3.63) is 65.5 Å². The topological polar surface area (TPSA) is 49.3 Å². The Kier molecular flexibility index (Phi) is 3.57. The van der Waals surface area contributed by atoms with Crippen molar-refractivity contribution >= 4 is 5.91 Å². The minimum Gasteiger partial charge on any atom is -0.507 e.